The van der Waals surface area contributed by atoms with Crippen molar-refractivity contribution in [2.45, 2.75) is 77.8 Å². The second-order valence-corrected chi connectivity index (χ2v) is 11.4. The molecule has 0 saturated carbocycles. The maximum Gasteiger partial charge on any atom is 0.275 e. The Bertz CT molecular complexity index is 988. The van der Waals surface area contributed by atoms with Gasteiger partial charge < -0.3 is 15.1 Å². The van der Waals surface area contributed by atoms with Crippen molar-refractivity contribution in [1.29, 1.82) is 0 Å². The van der Waals surface area contributed by atoms with Crippen molar-refractivity contribution in [2.75, 3.05) is 19.6 Å². The van der Waals surface area contributed by atoms with Gasteiger partial charge in [-0.1, -0.05) is 20.8 Å². The van der Waals surface area contributed by atoms with E-state index < -0.39 is 17.5 Å². The lowest BCUT2D eigenvalue weighted by atomic mass is 9.77. The Morgan fingerprint density at radius 2 is 1.92 bits per heavy atom. The molecule has 3 aliphatic rings. The third kappa shape index (κ3) is 6.03. The number of fused-ring (bicyclic) bond motifs is 4. The molecule has 1 N–H and O–H groups in total. The Hall–Kier alpha value is -2.58. The zero-order valence-electron chi connectivity index (χ0n) is 21.5. The van der Waals surface area contributed by atoms with Crippen molar-refractivity contribution in [3.63, 3.8) is 0 Å². The fourth-order valence-corrected chi connectivity index (χ4v) is 6.20. The van der Waals surface area contributed by atoms with E-state index in [2.05, 4.69) is 31.1 Å². The van der Waals surface area contributed by atoms with E-state index in [1.807, 2.05) is 4.90 Å². The maximum absolute atomic E-state index is 14.3. The van der Waals surface area contributed by atoms with Gasteiger partial charge in [0.25, 0.3) is 5.91 Å². The van der Waals surface area contributed by atoms with Crippen LogP contribution in [0.1, 0.15) is 76.2 Å². The van der Waals surface area contributed by atoms with E-state index in [-0.39, 0.29) is 47.3 Å². The van der Waals surface area contributed by atoms with Crippen LogP contribution in [0.25, 0.3) is 0 Å². The Morgan fingerprint density at radius 3 is 2.64 bits per heavy atom. The number of aromatic nitrogens is 1. The lowest BCUT2D eigenvalue weighted by molar-refractivity contribution is -0.141. The van der Waals surface area contributed by atoms with Crippen LogP contribution in [0.15, 0.2) is 12.3 Å². The summed E-state index contributed by atoms with van der Waals surface area (Å²) < 4.78 is 27.6. The fraction of sp³-hybridized carbons (Fsp3) is 0.704. The molecule has 3 fully saturated rings. The van der Waals surface area contributed by atoms with Crippen LogP contribution in [-0.4, -0.2) is 64.2 Å². The predicted octanol–water partition coefficient (Wildman–Crippen LogP) is 3.78. The van der Waals surface area contributed by atoms with E-state index in [0.29, 0.717) is 57.3 Å². The number of halogens is 2. The molecule has 5 atom stereocenters. The number of nitrogens with one attached hydrogen (secondary N) is 1. The van der Waals surface area contributed by atoms with Gasteiger partial charge in [-0.05, 0) is 55.8 Å². The summed E-state index contributed by atoms with van der Waals surface area (Å²) in [4.78, 5) is 46.5. The third-order valence-electron chi connectivity index (χ3n) is 8.14. The first-order valence-corrected chi connectivity index (χ1v) is 13.3. The molecule has 9 heteroatoms. The van der Waals surface area contributed by atoms with E-state index >= 15 is 0 Å². The highest BCUT2D eigenvalue weighted by molar-refractivity contribution is 5.92. The third-order valence-corrected chi connectivity index (χ3v) is 8.14. The monoisotopic (exact) mass is 504 g/mol. The van der Waals surface area contributed by atoms with Gasteiger partial charge in [0.1, 0.15) is 5.82 Å². The highest BCUT2D eigenvalue weighted by Crippen LogP contribution is 2.37. The Morgan fingerprint density at radius 1 is 1.14 bits per heavy atom. The van der Waals surface area contributed by atoms with Crippen LogP contribution in [0.5, 0.6) is 0 Å². The summed E-state index contributed by atoms with van der Waals surface area (Å²) >= 11 is 0. The number of piperidine rings is 2. The molecule has 4 rings (SSSR count). The van der Waals surface area contributed by atoms with Crippen LogP contribution in [0, 0.1) is 35.3 Å². The number of nitrogens with zero attached hydrogens (tertiary/aromatic N) is 3. The van der Waals surface area contributed by atoms with Crippen molar-refractivity contribution in [3.8, 4) is 0 Å². The fourth-order valence-electron chi connectivity index (χ4n) is 6.20. The molecule has 0 aromatic carbocycles. The lowest BCUT2D eigenvalue weighted by Gasteiger charge is -2.51. The molecular weight excluding hydrogens is 466 g/mol. The molecule has 7 nitrogen and oxygen atoms in total. The number of hydrogen-bond acceptors (Lipinski definition) is 4. The van der Waals surface area contributed by atoms with E-state index in [9.17, 15) is 23.2 Å². The molecule has 36 heavy (non-hydrogen) atoms. The normalized spacial score (nSPS) is 30.1. The van der Waals surface area contributed by atoms with Gasteiger partial charge in [-0.25, -0.2) is 13.8 Å². The molecule has 1 aromatic heterocycles. The maximum atomic E-state index is 14.3. The Kier molecular flexibility index (Phi) is 8.25. The molecule has 198 valence electrons. The SMILES string of the molecule is CC(C)[C@@H]1CC[C@@H](C)CC(=O)N2C[C@H]3C[C@@H](CN(C(=O)c4ncc(F)cc4F)C3)[C@@H]2CCCC(=O)N1. The van der Waals surface area contributed by atoms with E-state index in [4.69, 9.17) is 0 Å². The van der Waals surface area contributed by atoms with Crippen molar-refractivity contribution in [3.05, 3.63) is 29.6 Å². The lowest BCUT2D eigenvalue weighted by Crippen LogP contribution is -2.60. The van der Waals surface area contributed by atoms with Crippen LogP contribution in [0.4, 0.5) is 8.78 Å². The molecule has 0 radical (unpaired) electrons. The number of rotatable bonds is 2. The minimum absolute atomic E-state index is 0.0424. The molecule has 0 unspecified atom stereocenters. The second-order valence-electron chi connectivity index (χ2n) is 11.4. The summed E-state index contributed by atoms with van der Waals surface area (Å²) in [5.74, 6) is -1.46. The summed E-state index contributed by atoms with van der Waals surface area (Å²) in [6, 6.07) is 0.714. The van der Waals surface area contributed by atoms with Gasteiger partial charge in [0.15, 0.2) is 11.5 Å². The number of pyridine rings is 1. The molecule has 3 aliphatic heterocycles. The van der Waals surface area contributed by atoms with Gasteiger partial charge in [0.2, 0.25) is 11.8 Å². The zero-order chi connectivity index (χ0) is 26.0. The van der Waals surface area contributed by atoms with Crippen molar-refractivity contribution in [1.82, 2.24) is 20.1 Å². The number of hydrogen-bond donors (Lipinski definition) is 1. The average Bonchev–Trinajstić information content (AvgIpc) is 2.82. The van der Waals surface area contributed by atoms with Gasteiger partial charge in [0, 0.05) is 50.6 Å². The summed E-state index contributed by atoms with van der Waals surface area (Å²) in [5.41, 5.74) is -0.371. The standard InChI is InChI=1S/C27H38F2N4O3/c1-16(2)22-8-7-17(3)9-25(35)33-14-18-10-19(23(33)5-4-6-24(34)31-22)15-32(13-18)27(36)26-21(29)11-20(28)12-30-26/h11-12,16-19,22-23H,4-10,13-15H2,1-3H3,(H,31,34)/t17-,18+,19+,22+,23+/m1/s1. The zero-order valence-corrected chi connectivity index (χ0v) is 21.5. The minimum Gasteiger partial charge on any atom is -0.353 e. The summed E-state index contributed by atoms with van der Waals surface area (Å²) in [6.45, 7) is 7.68. The number of likely N-dealkylation sites (tertiary alicyclic amines) is 1. The number of amides is 3. The molecule has 1 aromatic rings. The molecule has 3 saturated heterocycles. The first-order chi connectivity index (χ1) is 17.1. The second kappa shape index (κ2) is 11.2. The van der Waals surface area contributed by atoms with Gasteiger partial charge in [-0.2, -0.15) is 0 Å². The van der Waals surface area contributed by atoms with Gasteiger partial charge in [0.05, 0.1) is 6.20 Å². The first-order valence-electron chi connectivity index (χ1n) is 13.3. The smallest absolute Gasteiger partial charge is 0.275 e. The molecule has 4 heterocycles. The molecule has 3 amide bonds. The summed E-state index contributed by atoms with van der Waals surface area (Å²) in [6.07, 6.45) is 5.69. The predicted molar refractivity (Wildman–Crippen MR) is 131 cm³/mol. The van der Waals surface area contributed by atoms with Crippen molar-refractivity contribution >= 4 is 17.7 Å². The van der Waals surface area contributed by atoms with Crippen LogP contribution in [-0.2, 0) is 9.59 Å². The van der Waals surface area contributed by atoms with Crippen LogP contribution in [0.3, 0.4) is 0 Å². The average molecular weight is 505 g/mol. The quantitative estimate of drug-likeness (QED) is 0.665. The van der Waals surface area contributed by atoms with E-state index in [0.717, 1.165) is 25.5 Å². The highest BCUT2D eigenvalue weighted by Gasteiger charge is 2.44. The molecule has 0 spiro atoms. The number of carbonyl (C=O) groups is 3. The van der Waals surface area contributed by atoms with Crippen molar-refractivity contribution in [2.24, 2.45) is 23.7 Å². The van der Waals surface area contributed by atoms with Gasteiger partial charge in [-0.3, -0.25) is 14.4 Å². The number of carbonyl (C=O) groups excluding carboxylic acids is 3. The minimum atomic E-state index is -0.964. The van der Waals surface area contributed by atoms with E-state index in [1.165, 1.54) is 0 Å². The summed E-state index contributed by atoms with van der Waals surface area (Å²) in [7, 11) is 0. The molecule has 0 aliphatic carbocycles. The molecular formula is C27H38F2N4O3. The topological polar surface area (TPSA) is 82.6 Å². The van der Waals surface area contributed by atoms with Crippen LogP contribution >= 0.6 is 0 Å². The summed E-state index contributed by atoms with van der Waals surface area (Å²) in [5, 5.41) is 3.19. The highest BCUT2D eigenvalue weighted by atomic mass is 19.1. The van der Waals surface area contributed by atoms with Crippen molar-refractivity contribution < 1.29 is 23.2 Å². The Labute approximate surface area is 212 Å². The van der Waals surface area contributed by atoms with Crippen LogP contribution in [0.2, 0.25) is 0 Å². The first kappa shape index (κ1) is 26.5. The Balaban J connectivity index is 1.52. The largest absolute Gasteiger partial charge is 0.353 e. The van der Waals surface area contributed by atoms with Crippen LogP contribution < -0.4 is 5.32 Å². The van der Waals surface area contributed by atoms with Gasteiger partial charge in [-0.15, -0.1) is 0 Å². The molecule has 2 bridgehead atoms. The van der Waals surface area contributed by atoms with E-state index in [1.54, 1.807) is 4.90 Å². The van der Waals surface area contributed by atoms with Gasteiger partial charge >= 0.3 is 0 Å².